The van der Waals surface area contributed by atoms with Crippen LogP contribution in [-0.4, -0.2) is 54.8 Å². The van der Waals surface area contributed by atoms with Gasteiger partial charge in [-0.05, 0) is 48.9 Å². The van der Waals surface area contributed by atoms with Crippen LogP contribution in [0.1, 0.15) is 15.9 Å². The Bertz CT molecular complexity index is 921. The Balaban J connectivity index is 1.70. The Kier molecular flexibility index (Phi) is 5.22. The molecule has 1 saturated heterocycles. The molecule has 0 atom stereocenters. The summed E-state index contributed by atoms with van der Waals surface area (Å²) in [4.78, 5) is 14.3. The molecule has 138 valence electrons. The number of amides is 1. The van der Waals surface area contributed by atoms with E-state index in [1.165, 1.54) is 34.6 Å². The number of phenols is 1. The number of rotatable bonds is 3. The highest BCUT2D eigenvalue weighted by Gasteiger charge is 2.31. The molecule has 0 bridgehead atoms. The van der Waals surface area contributed by atoms with E-state index in [1.807, 2.05) is 6.92 Å². The fourth-order valence-corrected chi connectivity index (χ4v) is 4.43. The molecule has 1 aliphatic heterocycles. The molecule has 3 rings (SSSR count). The molecule has 1 N–H and O–H groups in total. The van der Waals surface area contributed by atoms with Crippen molar-refractivity contribution in [1.29, 1.82) is 0 Å². The van der Waals surface area contributed by atoms with E-state index in [2.05, 4.69) is 0 Å². The lowest BCUT2D eigenvalue weighted by atomic mass is 10.1. The van der Waals surface area contributed by atoms with Gasteiger partial charge in [-0.15, -0.1) is 0 Å². The lowest BCUT2D eigenvalue weighted by Crippen LogP contribution is -2.50. The quantitative estimate of drug-likeness (QED) is 0.867. The number of carbonyl (C=O) groups is 1. The minimum atomic E-state index is -3.62. The third-order valence-corrected chi connectivity index (χ3v) is 6.53. The van der Waals surface area contributed by atoms with Crippen LogP contribution < -0.4 is 0 Å². The van der Waals surface area contributed by atoms with Gasteiger partial charge in [0.15, 0.2) is 0 Å². The lowest BCUT2D eigenvalue weighted by Gasteiger charge is -2.34. The van der Waals surface area contributed by atoms with Crippen LogP contribution in [0.15, 0.2) is 47.4 Å². The second-order valence-corrected chi connectivity index (χ2v) is 8.55. The summed E-state index contributed by atoms with van der Waals surface area (Å²) in [6.45, 7) is 2.75. The minimum absolute atomic E-state index is 0.0637. The zero-order valence-electron chi connectivity index (χ0n) is 14.2. The zero-order chi connectivity index (χ0) is 18.9. The van der Waals surface area contributed by atoms with E-state index < -0.39 is 10.0 Å². The number of hydrogen-bond acceptors (Lipinski definition) is 4. The Hall–Kier alpha value is -2.09. The highest BCUT2D eigenvalue weighted by atomic mass is 35.5. The molecule has 1 amide bonds. The molecule has 2 aromatic rings. The third kappa shape index (κ3) is 3.70. The average molecular weight is 395 g/mol. The van der Waals surface area contributed by atoms with E-state index in [9.17, 15) is 18.3 Å². The van der Waals surface area contributed by atoms with E-state index in [4.69, 9.17) is 11.6 Å². The molecule has 2 aromatic carbocycles. The Morgan fingerprint density at radius 1 is 1.04 bits per heavy atom. The number of halogens is 1. The topological polar surface area (TPSA) is 77.9 Å². The van der Waals surface area contributed by atoms with Gasteiger partial charge < -0.3 is 10.0 Å². The maximum Gasteiger partial charge on any atom is 0.257 e. The molecule has 6 nitrogen and oxygen atoms in total. The number of hydrogen-bond donors (Lipinski definition) is 1. The van der Waals surface area contributed by atoms with Crippen molar-refractivity contribution in [2.24, 2.45) is 0 Å². The first-order valence-electron chi connectivity index (χ1n) is 8.13. The molecular weight excluding hydrogens is 376 g/mol. The highest BCUT2D eigenvalue weighted by molar-refractivity contribution is 7.89. The van der Waals surface area contributed by atoms with Gasteiger partial charge in [-0.2, -0.15) is 4.31 Å². The van der Waals surface area contributed by atoms with Crippen LogP contribution in [0.3, 0.4) is 0 Å². The normalized spacial score (nSPS) is 15.8. The number of aromatic hydroxyl groups is 1. The van der Waals surface area contributed by atoms with Crippen molar-refractivity contribution in [2.45, 2.75) is 11.8 Å². The summed E-state index contributed by atoms with van der Waals surface area (Å²) in [5.41, 5.74) is 1.09. The first kappa shape index (κ1) is 18.7. The second-order valence-electron chi connectivity index (χ2n) is 6.17. The number of nitrogens with zero attached hydrogens (tertiary/aromatic N) is 2. The molecule has 8 heteroatoms. The van der Waals surface area contributed by atoms with Gasteiger partial charge in [0.2, 0.25) is 10.0 Å². The van der Waals surface area contributed by atoms with Gasteiger partial charge in [0, 0.05) is 31.2 Å². The average Bonchev–Trinajstić information content (AvgIpc) is 2.62. The summed E-state index contributed by atoms with van der Waals surface area (Å²) in [6.07, 6.45) is 0. The van der Waals surface area contributed by atoms with Crippen LogP contribution in [0, 0.1) is 6.92 Å². The molecule has 26 heavy (non-hydrogen) atoms. The number of sulfonamides is 1. The standard InChI is InChI=1S/C18H19ClN2O4S/c1-13-2-7-16(17(22)12-13)18(23)20-8-10-21(11-9-20)26(24,25)15-5-3-14(19)4-6-15/h2-7,12,22H,8-11H2,1H3. The first-order chi connectivity index (χ1) is 12.3. The van der Waals surface area contributed by atoms with Crippen molar-refractivity contribution in [3.63, 3.8) is 0 Å². The lowest BCUT2D eigenvalue weighted by molar-refractivity contribution is 0.0695. The van der Waals surface area contributed by atoms with Crippen LogP contribution in [0.5, 0.6) is 5.75 Å². The van der Waals surface area contributed by atoms with Crippen LogP contribution in [0.2, 0.25) is 5.02 Å². The summed E-state index contributed by atoms with van der Waals surface area (Å²) in [6, 6.07) is 10.9. The number of piperazine rings is 1. The van der Waals surface area contributed by atoms with Crippen LogP contribution >= 0.6 is 11.6 Å². The Labute approximate surface area is 157 Å². The minimum Gasteiger partial charge on any atom is -0.507 e. The van der Waals surface area contributed by atoms with E-state index >= 15 is 0 Å². The maximum absolute atomic E-state index is 12.7. The molecular formula is C18H19ClN2O4S. The van der Waals surface area contributed by atoms with Crippen molar-refractivity contribution in [1.82, 2.24) is 9.21 Å². The number of aryl methyl sites for hydroxylation is 1. The zero-order valence-corrected chi connectivity index (χ0v) is 15.8. The van der Waals surface area contributed by atoms with Crippen molar-refractivity contribution >= 4 is 27.5 Å². The van der Waals surface area contributed by atoms with Crippen molar-refractivity contribution in [3.8, 4) is 5.75 Å². The second kappa shape index (κ2) is 7.26. The van der Waals surface area contributed by atoms with Gasteiger partial charge >= 0.3 is 0 Å². The summed E-state index contributed by atoms with van der Waals surface area (Å²) >= 11 is 5.81. The van der Waals surface area contributed by atoms with Gasteiger partial charge in [0.1, 0.15) is 5.75 Å². The molecule has 1 fully saturated rings. The highest BCUT2D eigenvalue weighted by Crippen LogP contribution is 2.23. The van der Waals surface area contributed by atoms with Gasteiger partial charge in [-0.3, -0.25) is 4.79 Å². The summed E-state index contributed by atoms with van der Waals surface area (Å²) in [5, 5.41) is 10.4. The van der Waals surface area contributed by atoms with Gasteiger partial charge in [0.05, 0.1) is 10.5 Å². The van der Waals surface area contributed by atoms with Crippen molar-refractivity contribution in [3.05, 3.63) is 58.6 Å². The van der Waals surface area contributed by atoms with E-state index in [0.29, 0.717) is 5.02 Å². The predicted molar refractivity (Wildman–Crippen MR) is 99.0 cm³/mol. The monoisotopic (exact) mass is 394 g/mol. The van der Waals surface area contributed by atoms with Crippen LogP contribution in [0.4, 0.5) is 0 Å². The van der Waals surface area contributed by atoms with Gasteiger partial charge in [-0.25, -0.2) is 8.42 Å². The third-order valence-electron chi connectivity index (χ3n) is 4.36. The first-order valence-corrected chi connectivity index (χ1v) is 9.95. The predicted octanol–water partition coefficient (Wildman–Crippen LogP) is 2.50. The largest absolute Gasteiger partial charge is 0.507 e. The van der Waals surface area contributed by atoms with E-state index in [1.54, 1.807) is 17.0 Å². The number of benzene rings is 2. The maximum atomic E-state index is 12.7. The molecule has 0 radical (unpaired) electrons. The number of carbonyl (C=O) groups excluding carboxylic acids is 1. The van der Waals surface area contributed by atoms with Crippen molar-refractivity contribution in [2.75, 3.05) is 26.2 Å². The summed E-state index contributed by atoms with van der Waals surface area (Å²) in [5.74, 6) is -0.364. The molecule has 1 aliphatic rings. The van der Waals surface area contributed by atoms with Crippen LogP contribution in [-0.2, 0) is 10.0 Å². The van der Waals surface area contributed by atoms with Gasteiger partial charge in [-0.1, -0.05) is 17.7 Å². The molecule has 0 aromatic heterocycles. The Morgan fingerprint density at radius 3 is 2.23 bits per heavy atom. The molecule has 0 aliphatic carbocycles. The van der Waals surface area contributed by atoms with E-state index in [-0.39, 0.29) is 48.3 Å². The fourth-order valence-electron chi connectivity index (χ4n) is 2.88. The molecule has 0 unspecified atom stereocenters. The number of phenolic OH excluding ortho intramolecular Hbond substituents is 1. The fraction of sp³-hybridized carbons (Fsp3) is 0.278. The SMILES string of the molecule is Cc1ccc(C(=O)N2CCN(S(=O)(=O)c3ccc(Cl)cc3)CC2)c(O)c1. The van der Waals surface area contributed by atoms with E-state index in [0.717, 1.165) is 5.56 Å². The molecule has 0 saturated carbocycles. The van der Waals surface area contributed by atoms with Crippen LogP contribution in [0.25, 0.3) is 0 Å². The summed E-state index contributed by atoms with van der Waals surface area (Å²) < 4.78 is 26.7. The van der Waals surface area contributed by atoms with Crippen molar-refractivity contribution < 1.29 is 18.3 Å². The molecule has 0 spiro atoms. The Morgan fingerprint density at radius 2 is 1.65 bits per heavy atom. The summed E-state index contributed by atoms with van der Waals surface area (Å²) in [7, 11) is -3.62. The van der Waals surface area contributed by atoms with Gasteiger partial charge in [0.25, 0.3) is 5.91 Å². The smallest absolute Gasteiger partial charge is 0.257 e. The molecule has 1 heterocycles.